The molecule has 11 rings (SSSR count). The summed E-state index contributed by atoms with van der Waals surface area (Å²) in [5, 5.41) is 0. The van der Waals surface area contributed by atoms with Gasteiger partial charge < -0.3 is 27.1 Å². The first kappa shape index (κ1) is 49.8. The van der Waals surface area contributed by atoms with E-state index in [-0.39, 0.29) is 38.9 Å². The zero-order valence-corrected chi connectivity index (χ0v) is 48.0. The lowest BCUT2D eigenvalue weighted by atomic mass is 9.79. The SMILES string of the molecule is CC(C)(C)c1cc2c3c(c1)-c1cc(C(C)(C)C)cc4c1OP(=O)(O3)Oc1c(cc(C(C)(C)C)cc1-c1cc(C(C)(C)C)cc3c1OP1(=O)Oc5c(cc(C(C)(C)C)cc5-c5cc(C(C)(C)C)cc(c5O1)C4)C3)C2. The van der Waals surface area contributed by atoms with Gasteiger partial charge in [-0.3, -0.25) is 0 Å². The molecule has 382 valence electrons. The van der Waals surface area contributed by atoms with E-state index in [9.17, 15) is 0 Å². The van der Waals surface area contributed by atoms with Gasteiger partial charge in [0.1, 0.15) is 34.5 Å². The number of phosphoric acid groups is 2. The lowest BCUT2D eigenvalue weighted by Gasteiger charge is -2.31. The summed E-state index contributed by atoms with van der Waals surface area (Å²) in [6.45, 7) is 39.7. The molecule has 6 aromatic rings. The van der Waals surface area contributed by atoms with E-state index >= 15 is 9.13 Å². The van der Waals surface area contributed by atoms with Crippen molar-refractivity contribution in [3.05, 3.63) is 140 Å². The molecule has 0 atom stereocenters. The van der Waals surface area contributed by atoms with E-state index in [1.165, 1.54) is 0 Å². The second-order valence-electron chi connectivity index (χ2n) is 27.5. The van der Waals surface area contributed by atoms with Gasteiger partial charge in [-0.2, -0.15) is 9.13 Å². The summed E-state index contributed by atoms with van der Waals surface area (Å²) in [6.07, 6.45) is 1.02. The maximum Gasteiger partial charge on any atom is 0.647 e. The van der Waals surface area contributed by atoms with Crippen LogP contribution in [0.15, 0.2) is 72.8 Å². The van der Waals surface area contributed by atoms with E-state index in [1.54, 1.807) is 0 Å². The van der Waals surface area contributed by atoms with Crippen LogP contribution in [0.3, 0.4) is 0 Å². The Morgan fingerprint density at radius 1 is 0.260 bits per heavy atom. The molecule has 5 aliphatic rings. The Balaban J connectivity index is 1.39. The topological polar surface area (TPSA) is 89.5 Å². The largest absolute Gasteiger partial charge is 0.647 e. The van der Waals surface area contributed by atoms with Crippen LogP contribution in [0, 0.1) is 0 Å². The van der Waals surface area contributed by atoms with Crippen LogP contribution in [0.2, 0.25) is 0 Å². The molecule has 0 amide bonds. The quantitative estimate of drug-likeness (QED) is 0.139. The highest BCUT2D eigenvalue weighted by Gasteiger charge is 2.48. The first-order valence-corrected chi connectivity index (χ1v) is 28.9. The van der Waals surface area contributed by atoms with Gasteiger partial charge in [0.05, 0.1) is 0 Å². The van der Waals surface area contributed by atoms with Gasteiger partial charge in [-0.25, -0.2) is 0 Å². The Bertz CT molecular complexity index is 3270. The highest BCUT2D eigenvalue weighted by atomic mass is 31.2. The minimum Gasteiger partial charge on any atom is -0.385 e. The van der Waals surface area contributed by atoms with Crippen LogP contribution in [-0.2, 0) is 60.9 Å². The van der Waals surface area contributed by atoms with E-state index < -0.39 is 15.6 Å². The zero-order valence-electron chi connectivity index (χ0n) is 46.2. The summed E-state index contributed by atoms with van der Waals surface area (Å²) >= 11 is 0. The minimum absolute atomic E-state index is 0.231. The Morgan fingerprint density at radius 3 is 0.521 bits per heavy atom. The molecule has 0 aliphatic carbocycles. The van der Waals surface area contributed by atoms with E-state index in [2.05, 4.69) is 197 Å². The number of fused-ring (bicyclic) bond motifs is 3. The first-order chi connectivity index (χ1) is 33.6. The molecule has 73 heavy (non-hydrogen) atoms. The molecule has 0 spiro atoms. The Kier molecular flexibility index (Phi) is 10.6. The summed E-state index contributed by atoms with van der Waals surface area (Å²) < 4.78 is 75.0. The van der Waals surface area contributed by atoms with Crippen molar-refractivity contribution in [3.63, 3.8) is 0 Å². The van der Waals surface area contributed by atoms with Gasteiger partial charge in [0.15, 0.2) is 0 Å². The molecule has 6 aromatic carbocycles. The molecule has 0 fully saturated rings. The molecular formula is C63H72O8P2. The lowest BCUT2D eigenvalue weighted by molar-refractivity contribution is 0.295. The predicted octanol–water partition coefficient (Wildman–Crippen LogP) is 18.1. The number of hydrogen-bond acceptors (Lipinski definition) is 8. The molecule has 5 aliphatic heterocycles. The lowest BCUT2D eigenvalue weighted by Crippen LogP contribution is -2.18. The van der Waals surface area contributed by atoms with Gasteiger partial charge in [-0.1, -0.05) is 161 Å². The first-order valence-electron chi connectivity index (χ1n) is 26.0. The summed E-state index contributed by atoms with van der Waals surface area (Å²) in [6, 6.07) is 26.0. The van der Waals surface area contributed by atoms with Gasteiger partial charge in [0, 0.05) is 86.0 Å². The molecule has 10 heteroatoms. The van der Waals surface area contributed by atoms with Crippen molar-refractivity contribution in [1.82, 2.24) is 0 Å². The maximum absolute atomic E-state index is 16.4. The minimum atomic E-state index is -4.63. The summed E-state index contributed by atoms with van der Waals surface area (Å²) in [5.74, 6) is 2.45. The van der Waals surface area contributed by atoms with Gasteiger partial charge in [-0.05, 0) is 102 Å². The van der Waals surface area contributed by atoms with Crippen molar-refractivity contribution in [1.29, 1.82) is 0 Å². The van der Waals surface area contributed by atoms with Crippen LogP contribution in [0.25, 0.3) is 33.4 Å². The zero-order chi connectivity index (χ0) is 52.7. The number of hydrogen-bond donors (Lipinski definition) is 0. The molecule has 0 radical (unpaired) electrons. The highest BCUT2D eigenvalue weighted by Crippen LogP contribution is 2.66. The van der Waals surface area contributed by atoms with Gasteiger partial charge in [-0.15, -0.1) is 0 Å². The monoisotopic (exact) mass is 1020 g/mol. The van der Waals surface area contributed by atoms with Gasteiger partial charge in [0.25, 0.3) is 0 Å². The van der Waals surface area contributed by atoms with E-state index in [4.69, 9.17) is 27.1 Å². The smallest absolute Gasteiger partial charge is 0.385 e. The van der Waals surface area contributed by atoms with Crippen molar-refractivity contribution in [2.75, 3.05) is 0 Å². The molecule has 5 heterocycles. The van der Waals surface area contributed by atoms with Gasteiger partial charge >= 0.3 is 15.6 Å². The maximum atomic E-state index is 16.4. The Morgan fingerprint density at radius 2 is 0.397 bits per heavy atom. The fourth-order valence-corrected chi connectivity index (χ4v) is 13.6. The van der Waals surface area contributed by atoms with E-state index in [1.807, 2.05) is 0 Å². The highest BCUT2D eigenvalue weighted by molar-refractivity contribution is 7.50. The molecule has 8 nitrogen and oxygen atoms in total. The second-order valence-corrected chi connectivity index (χ2v) is 30.4. The molecule has 0 unspecified atom stereocenters. The van der Waals surface area contributed by atoms with Crippen molar-refractivity contribution >= 4 is 15.6 Å². The summed E-state index contributed by atoms with van der Waals surface area (Å²) in [4.78, 5) is 0. The number of benzene rings is 6. The predicted molar refractivity (Wildman–Crippen MR) is 295 cm³/mol. The summed E-state index contributed by atoms with van der Waals surface area (Å²) in [5.41, 5.74) is 13.6. The normalized spacial score (nSPS) is 19.5. The Labute approximate surface area is 433 Å². The van der Waals surface area contributed by atoms with Crippen molar-refractivity contribution < 1.29 is 36.3 Å². The van der Waals surface area contributed by atoms with Crippen LogP contribution >= 0.6 is 15.6 Å². The third-order valence-electron chi connectivity index (χ3n) is 15.4. The van der Waals surface area contributed by atoms with E-state index in [0.29, 0.717) is 58.5 Å². The van der Waals surface area contributed by atoms with Crippen molar-refractivity contribution in [2.24, 2.45) is 0 Å². The van der Waals surface area contributed by atoms with E-state index in [0.717, 1.165) is 89.0 Å². The average molecular weight is 1020 g/mol. The van der Waals surface area contributed by atoms with Crippen molar-refractivity contribution in [3.8, 4) is 67.9 Å². The molecule has 0 N–H and O–H groups in total. The molecule has 0 aromatic heterocycles. The number of rotatable bonds is 0. The molecule has 0 saturated carbocycles. The third-order valence-corrected chi connectivity index (χ3v) is 17.9. The fraction of sp³-hybridized carbons (Fsp3) is 0.429. The van der Waals surface area contributed by atoms with Crippen LogP contribution < -0.4 is 27.1 Å². The van der Waals surface area contributed by atoms with Crippen LogP contribution in [0.4, 0.5) is 0 Å². The number of phosphoric ester groups is 2. The van der Waals surface area contributed by atoms with Gasteiger partial charge in [0.2, 0.25) is 0 Å². The van der Waals surface area contributed by atoms with Crippen molar-refractivity contribution in [2.45, 2.75) is 176 Å². The Hall–Kier alpha value is -5.42. The van der Waals surface area contributed by atoms with Crippen LogP contribution in [0.5, 0.6) is 34.5 Å². The average Bonchev–Trinajstić information content (AvgIpc) is 3.45. The van der Waals surface area contributed by atoms with Crippen LogP contribution in [0.1, 0.15) is 191 Å². The standard InChI is InChI=1S/C63H72O8P2/c1-58(2,3)40-22-34-19-36-24-44(62(13,14)15)32-50-51-33-45(63(16,17)18)25-37-20-35-23-41(59(4,5)6)29-47-49-31-43(61(10,11)12)27-39(55(49)69-73(65,67-53(35)47)71-57(37)51)21-38-26-42(60(7,8)9)30-48-46(28-40)52(34)66-72(64,68-54(38)48)70-56(36)50/h22-33H,19-21H2,1-18H3. The summed E-state index contributed by atoms with van der Waals surface area (Å²) in [7, 11) is -9.26. The third kappa shape index (κ3) is 8.52. The fourth-order valence-electron chi connectivity index (χ4n) is 10.8. The molecular weight excluding hydrogens is 947 g/mol. The molecule has 8 bridgehead atoms. The molecule has 0 saturated heterocycles. The second kappa shape index (κ2) is 15.6. The van der Waals surface area contributed by atoms with Crippen LogP contribution in [-0.4, -0.2) is 0 Å².